The van der Waals surface area contributed by atoms with Crippen LogP contribution in [0.1, 0.15) is 31.2 Å². The van der Waals surface area contributed by atoms with Crippen LogP contribution in [0.5, 0.6) is 0 Å². The Bertz CT molecular complexity index is 1480. The third-order valence-corrected chi connectivity index (χ3v) is 7.88. The largest absolute Gasteiger partial charge is 0.444 e. The van der Waals surface area contributed by atoms with Gasteiger partial charge in [0, 0.05) is 17.7 Å². The highest BCUT2D eigenvalue weighted by atomic mass is 32.1. The fourth-order valence-electron chi connectivity index (χ4n) is 5.26. The lowest BCUT2D eigenvalue weighted by Gasteiger charge is -2.38. The number of hydrogen-bond donors (Lipinski definition) is 2. The molecule has 35 heavy (non-hydrogen) atoms. The Hall–Kier alpha value is -4.20. The second-order valence-corrected chi connectivity index (χ2v) is 9.60. The zero-order valence-electron chi connectivity index (χ0n) is 18.1. The average molecular weight is 500 g/mol. The molecule has 2 aromatic carbocycles. The highest BCUT2D eigenvalue weighted by molar-refractivity contribution is 7.80. The number of nitrogens with two attached hydrogens (primary N) is 1. The second kappa shape index (κ2) is 7.40. The molecule has 3 aliphatic rings. The van der Waals surface area contributed by atoms with Crippen LogP contribution < -0.4 is 11.2 Å². The molecule has 3 aromatic rings. The maximum absolute atomic E-state index is 14.2. The van der Waals surface area contributed by atoms with Crippen molar-refractivity contribution in [1.29, 1.82) is 5.26 Å². The predicted molar refractivity (Wildman–Crippen MR) is 131 cm³/mol. The van der Waals surface area contributed by atoms with Crippen LogP contribution in [0.25, 0.3) is 0 Å². The minimum atomic E-state index is -1.81. The van der Waals surface area contributed by atoms with Crippen molar-refractivity contribution in [2.45, 2.75) is 17.8 Å². The van der Waals surface area contributed by atoms with Crippen LogP contribution in [0.4, 0.5) is 0 Å². The zero-order valence-corrected chi connectivity index (χ0v) is 19.7. The average Bonchev–Trinajstić information content (AvgIpc) is 3.58. The molecule has 0 radical (unpaired) electrons. The summed E-state index contributed by atoms with van der Waals surface area (Å²) in [5, 5.41) is 13.4. The minimum Gasteiger partial charge on any atom is -0.444 e. The molecule has 0 spiro atoms. The number of nitrogens with zero attached hydrogens (tertiary/aromatic N) is 3. The number of ketones is 1. The lowest BCUT2D eigenvalue weighted by Crippen LogP contribution is -2.63. The highest BCUT2D eigenvalue weighted by Crippen LogP contribution is 2.63. The Morgan fingerprint density at radius 3 is 2.60 bits per heavy atom. The van der Waals surface area contributed by atoms with E-state index in [4.69, 9.17) is 22.7 Å². The summed E-state index contributed by atoms with van der Waals surface area (Å²) in [7, 11) is 0. The Kier molecular flexibility index (Phi) is 4.51. The summed E-state index contributed by atoms with van der Waals surface area (Å²) in [6.07, 6.45) is 0. The van der Waals surface area contributed by atoms with E-state index in [0.717, 1.165) is 5.56 Å². The number of nitriles is 1. The van der Waals surface area contributed by atoms with Gasteiger partial charge in [-0.25, -0.2) is 5.01 Å². The van der Waals surface area contributed by atoms with Gasteiger partial charge in [-0.05, 0) is 29.2 Å². The maximum atomic E-state index is 14.2. The molecule has 1 amide bonds. The summed E-state index contributed by atoms with van der Waals surface area (Å²) in [6.45, 7) is 0.250. The number of thiophene rings is 1. The van der Waals surface area contributed by atoms with Gasteiger partial charge in [0.25, 0.3) is 11.6 Å². The number of rotatable bonds is 4. The monoisotopic (exact) mass is 499 g/mol. The Morgan fingerprint density at radius 1 is 1.14 bits per heavy atom. The first-order chi connectivity index (χ1) is 17.0. The zero-order chi connectivity index (χ0) is 24.4. The molecule has 10 heteroatoms. The van der Waals surface area contributed by atoms with Crippen molar-refractivity contribution in [2.75, 3.05) is 0 Å². The molecule has 1 fully saturated rings. The number of Topliss-reactive ketones (excluding diaryl/α,β-unsaturated/α-hetero) is 1. The smallest absolute Gasteiger partial charge is 0.279 e. The van der Waals surface area contributed by atoms with Gasteiger partial charge in [-0.1, -0.05) is 60.7 Å². The number of nitrogens with one attached hydrogen (secondary N) is 1. The first kappa shape index (κ1) is 21.3. The number of hydrogen-bond acceptors (Lipinski definition) is 7. The van der Waals surface area contributed by atoms with Gasteiger partial charge in [0.2, 0.25) is 17.2 Å². The van der Waals surface area contributed by atoms with E-state index in [0.29, 0.717) is 16.0 Å². The van der Waals surface area contributed by atoms with Gasteiger partial charge in [-0.2, -0.15) is 5.26 Å². The van der Waals surface area contributed by atoms with E-state index in [1.54, 1.807) is 46.7 Å². The third-order valence-electron chi connectivity index (χ3n) is 6.61. The first-order valence-electron chi connectivity index (χ1n) is 10.7. The highest BCUT2D eigenvalue weighted by Gasteiger charge is 2.82. The van der Waals surface area contributed by atoms with Crippen LogP contribution in [-0.4, -0.2) is 32.3 Å². The number of carbonyl (C=O) groups excluding carboxylic acids is 2. The summed E-state index contributed by atoms with van der Waals surface area (Å²) >= 11 is 7.11. The maximum Gasteiger partial charge on any atom is 0.279 e. The van der Waals surface area contributed by atoms with E-state index in [-0.39, 0.29) is 23.1 Å². The second-order valence-electron chi connectivity index (χ2n) is 8.29. The first-order valence-corrected chi connectivity index (χ1v) is 12.0. The molecule has 8 nitrogen and oxygen atoms in total. The Morgan fingerprint density at radius 2 is 1.89 bits per heavy atom. The predicted octanol–water partition coefficient (Wildman–Crippen LogP) is 3.01. The van der Waals surface area contributed by atoms with E-state index in [1.807, 2.05) is 30.3 Å². The SMILES string of the molecule is N#CC1=C(N)O[C@]23c4ccccc4C(=O)[C@]12N(NC(=O)c1cccs1)C(=S)N3Cc1ccccc1. The third kappa shape index (κ3) is 2.51. The van der Waals surface area contributed by atoms with Crippen LogP contribution in [0.3, 0.4) is 0 Å². The molecule has 6 rings (SSSR count). The molecule has 1 aliphatic carbocycles. The van der Waals surface area contributed by atoms with Crippen molar-refractivity contribution in [3.8, 4) is 6.07 Å². The summed E-state index contributed by atoms with van der Waals surface area (Å²) in [6, 6.07) is 22.0. The van der Waals surface area contributed by atoms with Crippen molar-refractivity contribution in [3.05, 3.63) is 105 Å². The van der Waals surface area contributed by atoms with Crippen molar-refractivity contribution >= 4 is 40.4 Å². The van der Waals surface area contributed by atoms with Gasteiger partial charge in [-0.15, -0.1) is 11.3 Å². The molecule has 0 bridgehead atoms. The Balaban J connectivity index is 1.60. The van der Waals surface area contributed by atoms with E-state index < -0.39 is 23.0 Å². The number of ether oxygens (including phenoxy) is 1. The molecular formula is C25H17N5O3S2. The molecule has 3 heterocycles. The Labute approximate surface area is 209 Å². The van der Waals surface area contributed by atoms with Crippen LogP contribution in [0.2, 0.25) is 0 Å². The van der Waals surface area contributed by atoms with Crippen molar-refractivity contribution in [3.63, 3.8) is 0 Å². The quantitative estimate of drug-likeness (QED) is 0.527. The standard InChI is InChI=1S/C25H17N5O3S2/c26-13-18-21(27)33-25-17-10-5-4-9-16(17)20(31)24(18,25)30(28-22(32)19-11-6-12-35-19)23(34)29(25)14-15-7-2-1-3-8-15/h1-12H,14,27H2,(H,28,32)/t24-,25-/m1/s1. The number of carbonyl (C=O) groups is 2. The van der Waals surface area contributed by atoms with Crippen LogP contribution in [-0.2, 0) is 17.0 Å². The molecular weight excluding hydrogens is 482 g/mol. The lowest BCUT2D eigenvalue weighted by atomic mass is 9.81. The molecule has 2 aliphatic heterocycles. The number of amides is 1. The molecule has 172 valence electrons. The van der Waals surface area contributed by atoms with Crippen molar-refractivity contribution in [2.24, 2.45) is 5.73 Å². The van der Waals surface area contributed by atoms with E-state index in [9.17, 15) is 14.9 Å². The van der Waals surface area contributed by atoms with E-state index in [1.165, 1.54) is 16.3 Å². The molecule has 1 aromatic heterocycles. The summed E-state index contributed by atoms with van der Waals surface area (Å²) in [4.78, 5) is 29.6. The lowest BCUT2D eigenvalue weighted by molar-refractivity contribution is -0.105. The number of thiocarbonyl (C=S) groups is 1. The van der Waals surface area contributed by atoms with Gasteiger partial charge < -0.3 is 10.5 Å². The molecule has 3 N–H and O–H groups in total. The molecule has 0 saturated carbocycles. The van der Waals surface area contributed by atoms with Gasteiger partial charge in [0.15, 0.2) is 5.11 Å². The minimum absolute atomic E-state index is 0.0944. The van der Waals surface area contributed by atoms with Crippen LogP contribution in [0.15, 0.2) is 83.6 Å². The molecule has 1 saturated heterocycles. The van der Waals surface area contributed by atoms with Gasteiger partial charge in [-0.3, -0.25) is 19.9 Å². The normalized spacial score (nSPS) is 24.1. The fraction of sp³-hybridized carbons (Fsp3) is 0.120. The van der Waals surface area contributed by atoms with Crippen molar-refractivity contribution < 1.29 is 14.3 Å². The summed E-state index contributed by atoms with van der Waals surface area (Å²) in [5.74, 6) is -1.06. The number of fused-ring (bicyclic) bond motifs is 1. The number of benzene rings is 2. The molecule has 0 unspecified atom stereocenters. The van der Waals surface area contributed by atoms with Gasteiger partial charge in [0.1, 0.15) is 11.6 Å². The van der Waals surface area contributed by atoms with Gasteiger partial charge in [0.05, 0.1) is 4.88 Å². The van der Waals surface area contributed by atoms with Gasteiger partial charge >= 0.3 is 0 Å². The van der Waals surface area contributed by atoms with Crippen LogP contribution in [0, 0.1) is 11.3 Å². The summed E-state index contributed by atoms with van der Waals surface area (Å²) in [5.41, 5.74) is 7.39. The van der Waals surface area contributed by atoms with E-state index >= 15 is 0 Å². The van der Waals surface area contributed by atoms with Crippen molar-refractivity contribution in [1.82, 2.24) is 15.3 Å². The fourth-order valence-corrected chi connectivity index (χ4v) is 6.25. The molecule has 2 atom stereocenters. The topological polar surface area (TPSA) is 112 Å². The van der Waals surface area contributed by atoms with Crippen LogP contribution >= 0.6 is 23.6 Å². The summed E-state index contributed by atoms with van der Waals surface area (Å²) < 4.78 is 6.31. The van der Waals surface area contributed by atoms with E-state index in [2.05, 4.69) is 11.5 Å². The number of hydrazine groups is 1.